The molecule has 43 heavy (non-hydrogen) atoms. The van der Waals surface area contributed by atoms with E-state index in [0.29, 0.717) is 26.4 Å². The van der Waals surface area contributed by atoms with Crippen molar-refractivity contribution in [2.24, 2.45) is 0 Å². The van der Waals surface area contributed by atoms with E-state index < -0.39 is 38.8 Å². The van der Waals surface area contributed by atoms with Gasteiger partial charge in [-0.3, -0.25) is 19.2 Å². The first kappa shape index (κ1) is 42.2. The number of halogens is 2. The summed E-state index contributed by atoms with van der Waals surface area (Å²) in [4.78, 5) is 44.6. The lowest BCUT2D eigenvalue weighted by atomic mass is 10.0. The zero-order valence-electron chi connectivity index (χ0n) is 27.7. The lowest BCUT2D eigenvalue weighted by Gasteiger charge is -2.52. The molecule has 0 aromatic rings. The largest absolute Gasteiger partial charge is 0.463 e. The molecule has 0 rings (SSSR count). The van der Waals surface area contributed by atoms with Gasteiger partial charge in [0.15, 0.2) is 8.32 Å². The summed E-state index contributed by atoms with van der Waals surface area (Å²) >= 11 is 10.5. The average molecular weight is 688 g/mol. The van der Waals surface area contributed by atoms with Crippen molar-refractivity contribution in [1.29, 1.82) is 0 Å². The van der Waals surface area contributed by atoms with Crippen molar-refractivity contribution >= 4 is 62.0 Å². The number of rotatable bonds is 26. The number of hydrogen-bond donors (Lipinski definition) is 0. The topological polar surface area (TPSA) is 114 Å². The molecule has 9 nitrogen and oxygen atoms in total. The third-order valence-electron chi connectivity index (χ3n) is 8.96. The molecule has 0 saturated heterocycles. The van der Waals surface area contributed by atoms with Crippen LogP contribution in [0.15, 0.2) is 0 Å². The first-order chi connectivity index (χ1) is 19.9. The molecule has 252 valence electrons. The Labute approximate surface area is 271 Å². The minimum atomic E-state index is -2.16. The van der Waals surface area contributed by atoms with Crippen molar-refractivity contribution in [1.82, 2.24) is 0 Å². The average Bonchev–Trinajstić information content (AvgIpc) is 2.93. The van der Waals surface area contributed by atoms with Crippen LogP contribution in [0.2, 0.25) is 37.3 Å². The van der Waals surface area contributed by atoms with E-state index in [2.05, 4.69) is 53.9 Å². The summed E-state index contributed by atoms with van der Waals surface area (Å²) in [7, 11) is -3.99. The van der Waals surface area contributed by atoms with Gasteiger partial charge in [0.25, 0.3) is 0 Å². The molecule has 2 atom stereocenters. The zero-order chi connectivity index (χ0) is 33.2. The fraction of sp³-hybridized carbons (Fsp3) is 0.867. The van der Waals surface area contributed by atoms with Crippen LogP contribution in [0.25, 0.3) is 0 Å². The lowest BCUT2D eigenvalue weighted by molar-refractivity contribution is -0.146. The van der Waals surface area contributed by atoms with Crippen LogP contribution in [0.3, 0.4) is 0 Å². The predicted molar refractivity (Wildman–Crippen MR) is 176 cm³/mol. The number of carbonyl (C=O) groups is 4. The Morgan fingerprint density at radius 3 is 1.53 bits per heavy atom. The van der Waals surface area contributed by atoms with Gasteiger partial charge < -0.3 is 23.4 Å². The highest BCUT2D eigenvalue weighted by molar-refractivity contribution is 6.82. The highest BCUT2D eigenvalue weighted by atomic mass is 35.5. The summed E-state index contributed by atoms with van der Waals surface area (Å²) < 4.78 is 28.8. The molecule has 0 saturated carbocycles. The van der Waals surface area contributed by atoms with E-state index in [-0.39, 0.29) is 49.2 Å². The summed E-state index contributed by atoms with van der Waals surface area (Å²) in [5.41, 5.74) is 0. The second kappa shape index (κ2) is 21.1. The zero-order valence-corrected chi connectivity index (χ0v) is 31.3. The van der Waals surface area contributed by atoms with Crippen molar-refractivity contribution < 1.29 is 42.6 Å². The van der Waals surface area contributed by atoms with E-state index in [1.54, 1.807) is 0 Å². The number of hydrogen-bond acceptors (Lipinski definition) is 9. The summed E-state index contributed by atoms with van der Waals surface area (Å²) in [5.74, 6) is -0.894. The second-order valence-corrected chi connectivity index (χ2v) is 23.2. The van der Waals surface area contributed by atoms with E-state index >= 15 is 0 Å². The molecule has 13 heteroatoms. The van der Waals surface area contributed by atoms with Gasteiger partial charge in [-0.15, -0.1) is 0 Å². The molecule has 0 heterocycles. The normalized spacial score (nSPS) is 14.9. The van der Waals surface area contributed by atoms with E-state index in [4.69, 9.17) is 46.6 Å². The monoisotopic (exact) mass is 686 g/mol. The van der Waals surface area contributed by atoms with Crippen LogP contribution < -0.4 is 0 Å². The number of esters is 2. The summed E-state index contributed by atoms with van der Waals surface area (Å²) in [6.07, 6.45) is 4.69. The Bertz CT molecular complexity index is 873. The SMILES string of the molecule is CCC(C)(O[Si](C)(C)C(C)(CC)CCCOCCOC(=O)CCC(=O)Cl)[Si](C)(C)CCCOCCOC(=O)CCC(=O)Cl. The van der Waals surface area contributed by atoms with Gasteiger partial charge in [-0.2, -0.15) is 0 Å². The maximum Gasteiger partial charge on any atom is 0.306 e. The summed E-state index contributed by atoms with van der Waals surface area (Å²) in [5, 5.41) is -1.21. The van der Waals surface area contributed by atoms with Gasteiger partial charge in [-0.25, -0.2) is 0 Å². The first-order valence-corrected chi connectivity index (χ1v) is 22.4. The van der Waals surface area contributed by atoms with E-state index in [9.17, 15) is 19.2 Å². The molecule has 0 aliphatic heterocycles. The predicted octanol–water partition coefficient (Wildman–Crippen LogP) is 7.18. The van der Waals surface area contributed by atoms with Crippen LogP contribution in [0.4, 0.5) is 0 Å². The van der Waals surface area contributed by atoms with Crippen molar-refractivity contribution in [3.63, 3.8) is 0 Å². The second-order valence-electron chi connectivity index (χ2n) is 12.6. The van der Waals surface area contributed by atoms with Crippen LogP contribution in [0.5, 0.6) is 0 Å². The fourth-order valence-corrected chi connectivity index (χ4v) is 12.6. The van der Waals surface area contributed by atoms with Crippen molar-refractivity contribution in [3.05, 3.63) is 0 Å². The van der Waals surface area contributed by atoms with Gasteiger partial charge in [0, 0.05) is 31.3 Å². The van der Waals surface area contributed by atoms with E-state index in [0.717, 1.165) is 38.1 Å². The van der Waals surface area contributed by atoms with Crippen molar-refractivity contribution in [3.8, 4) is 0 Å². The first-order valence-electron chi connectivity index (χ1n) is 15.5. The lowest BCUT2D eigenvalue weighted by Crippen LogP contribution is -2.60. The summed E-state index contributed by atoms with van der Waals surface area (Å²) in [6, 6.07) is 1.06. The molecule has 0 radical (unpaired) electrons. The van der Waals surface area contributed by atoms with Gasteiger partial charge in [0.1, 0.15) is 13.2 Å². The molecule has 0 amide bonds. The third kappa shape index (κ3) is 16.9. The smallest absolute Gasteiger partial charge is 0.306 e. The fourth-order valence-electron chi connectivity index (χ4n) is 4.90. The Kier molecular flexibility index (Phi) is 20.7. The quantitative estimate of drug-likeness (QED) is 0.0404. The summed E-state index contributed by atoms with van der Waals surface area (Å²) in [6.45, 7) is 20.7. The molecule has 0 aliphatic rings. The standard InChI is InChI=1S/C30H56Cl2O9Si2/c1-9-29(3,17-11-18-37-20-22-39-27(35)15-13-25(31)33)43(7,8)41-30(4,10-2)42(5,6)24-12-19-38-21-23-40-28(36)16-14-26(32)34/h9-24H2,1-8H3. The van der Waals surface area contributed by atoms with Crippen LogP contribution >= 0.6 is 23.2 Å². The Morgan fingerprint density at radius 2 is 1.12 bits per heavy atom. The molecular weight excluding hydrogens is 631 g/mol. The number of ether oxygens (including phenoxy) is 4. The highest BCUT2D eigenvalue weighted by Crippen LogP contribution is 2.49. The van der Waals surface area contributed by atoms with Crippen molar-refractivity contribution in [2.45, 2.75) is 128 Å². The van der Waals surface area contributed by atoms with Crippen LogP contribution in [0, 0.1) is 0 Å². The molecular formula is C30H56Cl2O9Si2. The molecule has 0 aromatic heterocycles. The third-order valence-corrected chi connectivity index (χ3v) is 18.9. The highest BCUT2D eigenvalue weighted by Gasteiger charge is 2.51. The van der Waals surface area contributed by atoms with E-state index in [1.165, 1.54) is 0 Å². The number of carbonyl (C=O) groups excluding carboxylic acids is 4. The van der Waals surface area contributed by atoms with Crippen LogP contribution in [0.1, 0.15) is 85.5 Å². The molecule has 0 N–H and O–H groups in total. The maximum atomic E-state index is 11.6. The van der Waals surface area contributed by atoms with Crippen LogP contribution in [-0.4, -0.2) is 83.7 Å². The van der Waals surface area contributed by atoms with Crippen LogP contribution in [-0.2, 0) is 42.6 Å². The minimum Gasteiger partial charge on any atom is -0.463 e. The van der Waals surface area contributed by atoms with Gasteiger partial charge in [-0.1, -0.05) is 46.3 Å². The molecule has 2 unspecified atom stereocenters. The van der Waals surface area contributed by atoms with Gasteiger partial charge in [0.05, 0.1) is 34.1 Å². The molecule has 0 spiro atoms. The van der Waals surface area contributed by atoms with Gasteiger partial charge in [-0.05, 0) is 73.9 Å². The Hall–Kier alpha value is -0.826. The molecule has 0 bridgehead atoms. The van der Waals surface area contributed by atoms with E-state index in [1.807, 2.05) is 0 Å². The Morgan fingerprint density at radius 1 is 0.651 bits per heavy atom. The maximum absolute atomic E-state index is 11.6. The van der Waals surface area contributed by atoms with Gasteiger partial charge in [0.2, 0.25) is 10.5 Å². The van der Waals surface area contributed by atoms with Gasteiger partial charge >= 0.3 is 11.9 Å². The minimum absolute atomic E-state index is 0.0114. The molecule has 0 fully saturated rings. The Balaban J connectivity index is 4.70. The molecule has 0 aromatic carbocycles. The molecule has 0 aliphatic carbocycles. The van der Waals surface area contributed by atoms with Crippen molar-refractivity contribution in [2.75, 3.05) is 39.6 Å².